The molecular weight excluding hydrogens is 240 g/mol. The van der Waals surface area contributed by atoms with Crippen LogP contribution in [0.4, 0.5) is 5.69 Å². The van der Waals surface area contributed by atoms with Gasteiger partial charge in [-0.2, -0.15) is 0 Å². The Morgan fingerprint density at radius 1 is 1.42 bits per heavy atom. The maximum atomic E-state index is 5.88. The van der Waals surface area contributed by atoms with Gasteiger partial charge in [0.15, 0.2) is 0 Å². The van der Waals surface area contributed by atoms with Crippen LogP contribution in [0.3, 0.4) is 0 Å². The molecule has 0 bridgehead atoms. The molecule has 0 aromatic heterocycles. The van der Waals surface area contributed by atoms with Crippen molar-refractivity contribution in [3.8, 4) is 5.75 Å². The van der Waals surface area contributed by atoms with Gasteiger partial charge < -0.3 is 15.2 Å². The summed E-state index contributed by atoms with van der Waals surface area (Å²) in [5.41, 5.74) is 7.63. The highest BCUT2D eigenvalue weighted by atomic mass is 16.5. The molecule has 1 heterocycles. The van der Waals surface area contributed by atoms with Gasteiger partial charge in [0.1, 0.15) is 24.4 Å². The van der Waals surface area contributed by atoms with E-state index < -0.39 is 0 Å². The molecule has 2 N–H and O–H groups in total. The Balaban J connectivity index is 2.03. The smallest absolute Gasteiger partial charge is 0.149 e. The summed E-state index contributed by atoms with van der Waals surface area (Å²) in [5, 5.41) is 0. The average molecular weight is 262 g/mol. The zero-order valence-corrected chi connectivity index (χ0v) is 11.8. The summed E-state index contributed by atoms with van der Waals surface area (Å²) in [6.07, 6.45) is 1.67. The molecule has 0 spiro atoms. The van der Waals surface area contributed by atoms with Crippen molar-refractivity contribution < 1.29 is 9.47 Å². The van der Waals surface area contributed by atoms with E-state index in [1.165, 1.54) is 0 Å². The lowest BCUT2D eigenvalue weighted by atomic mass is 10.2. The summed E-state index contributed by atoms with van der Waals surface area (Å²) in [6, 6.07) is 6.25. The molecular formula is C15H22N2O2. The van der Waals surface area contributed by atoms with Crippen molar-refractivity contribution in [1.82, 2.24) is 4.90 Å². The number of ether oxygens (including phenoxy) is 2. The van der Waals surface area contributed by atoms with Gasteiger partial charge in [-0.1, -0.05) is 6.07 Å². The van der Waals surface area contributed by atoms with Gasteiger partial charge in [-0.15, -0.1) is 0 Å². The van der Waals surface area contributed by atoms with Crippen LogP contribution in [0.15, 0.2) is 30.2 Å². The van der Waals surface area contributed by atoms with E-state index in [4.69, 9.17) is 15.2 Å². The van der Waals surface area contributed by atoms with E-state index in [1.807, 2.05) is 25.1 Å². The van der Waals surface area contributed by atoms with Crippen LogP contribution in [0, 0.1) is 6.92 Å². The summed E-state index contributed by atoms with van der Waals surface area (Å²) in [4.78, 5) is 2.35. The molecule has 4 heteroatoms. The van der Waals surface area contributed by atoms with Crippen molar-refractivity contribution in [3.05, 3.63) is 35.8 Å². The molecule has 2 rings (SSSR count). The summed E-state index contributed by atoms with van der Waals surface area (Å²) >= 11 is 0. The molecule has 1 aromatic rings. The van der Waals surface area contributed by atoms with E-state index in [2.05, 4.69) is 18.7 Å². The van der Waals surface area contributed by atoms with Gasteiger partial charge in [0.2, 0.25) is 0 Å². The molecule has 1 saturated heterocycles. The zero-order chi connectivity index (χ0) is 13.8. The molecule has 1 aliphatic heterocycles. The van der Waals surface area contributed by atoms with Gasteiger partial charge in [-0.05, 0) is 38.5 Å². The van der Waals surface area contributed by atoms with E-state index in [0.717, 1.165) is 24.4 Å². The lowest BCUT2D eigenvalue weighted by Crippen LogP contribution is -2.39. The number of nitrogens with two attached hydrogens (primary N) is 1. The number of nitrogen functional groups attached to an aromatic ring is 1. The first-order valence-corrected chi connectivity index (χ1v) is 6.65. The Hall–Kier alpha value is -1.68. The van der Waals surface area contributed by atoms with Crippen LogP contribution in [-0.4, -0.2) is 30.6 Å². The molecule has 1 fully saturated rings. The van der Waals surface area contributed by atoms with Gasteiger partial charge in [0.25, 0.3) is 0 Å². The fourth-order valence-electron chi connectivity index (χ4n) is 2.00. The Morgan fingerprint density at radius 3 is 2.95 bits per heavy atom. The van der Waals surface area contributed by atoms with E-state index >= 15 is 0 Å². The van der Waals surface area contributed by atoms with Crippen LogP contribution in [0.2, 0.25) is 0 Å². The Morgan fingerprint density at radius 2 is 2.21 bits per heavy atom. The van der Waals surface area contributed by atoms with Crippen molar-refractivity contribution in [2.24, 2.45) is 0 Å². The van der Waals surface area contributed by atoms with Gasteiger partial charge >= 0.3 is 0 Å². The number of anilines is 1. The van der Waals surface area contributed by atoms with Crippen LogP contribution in [-0.2, 0) is 4.74 Å². The number of benzene rings is 1. The normalized spacial score (nSPS) is 18.6. The molecule has 1 aliphatic rings. The maximum absolute atomic E-state index is 5.88. The van der Waals surface area contributed by atoms with Crippen LogP contribution >= 0.6 is 0 Å². The van der Waals surface area contributed by atoms with Crippen molar-refractivity contribution >= 4 is 5.69 Å². The minimum atomic E-state index is 0.510. The molecule has 1 aromatic carbocycles. The number of aryl methyl sites for hydroxylation is 1. The van der Waals surface area contributed by atoms with Crippen molar-refractivity contribution in [1.29, 1.82) is 0 Å². The van der Waals surface area contributed by atoms with Gasteiger partial charge in [0.05, 0.1) is 12.2 Å². The third-order valence-electron chi connectivity index (χ3n) is 3.24. The lowest BCUT2D eigenvalue weighted by Gasteiger charge is -2.31. The summed E-state index contributed by atoms with van der Waals surface area (Å²) in [7, 11) is 0. The Kier molecular flexibility index (Phi) is 4.32. The quantitative estimate of drug-likeness (QED) is 0.671. The number of rotatable bonds is 3. The molecule has 0 saturated carbocycles. The lowest BCUT2D eigenvalue weighted by molar-refractivity contribution is 0.0710. The fourth-order valence-corrected chi connectivity index (χ4v) is 2.00. The summed E-state index contributed by atoms with van der Waals surface area (Å²) in [6.45, 7) is 8.82. The molecule has 4 nitrogen and oxygen atoms in total. The van der Waals surface area contributed by atoms with Crippen molar-refractivity contribution in [3.63, 3.8) is 0 Å². The average Bonchev–Trinajstić information content (AvgIpc) is 2.40. The highest BCUT2D eigenvalue weighted by molar-refractivity contribution is 5.54. The summed E-state index contributed by atoms with van der Waals surface area (Å²) < 4.78 is 11.3. The largest absolute Gasteiger partial charge is 0.492 e. The minimum absolute atomic E-state index is 0.510. The van der Waals surface area contributed by atoms with Crippen LogP contribution in [0.25, 0.3) is 0 Å². The van der Waals surface area contributed by atoms with E-state index in [-0.39, 0.29) is 0 Å². The predicted molar refractivity (Wildman–Crippen MR) is 77.0 cm³/mol. The number of hydrogen-bond donors (Lipinski definition) is 1. The fraction of sp³-hybridized carbons (Fsp3) is 0.467. The number of morpholine rings is 1. The Bertz CT molecular complexity index is 469. The first kappa shape index (κ1) is 13.7. The molecule has 0 atom stereocenters. The molecule has 0 unspecified atom stereocenters. The second kappa shape index (κ2) is 5.97. The third-order valence-corrected chi connectivity index (χ3v) is 3.24. The molecule has 0 radical (unpaired) electrons. The van der Waals surface area contributed by atoms with E-state index in [1.54, 1.807) is 6.26 Å². The highest BCUT2D eigenvalue weighted by Gasteiger charge is 2.18. The van der Waals surface area contributed by atoms with Gasteiger partial charge in [0, 0.05) is 12.6 Å². The third kappa shape index (κ3) is 3.64. The van der Waals surface area contributed by atoms with Crippen molar-refractivity contribution in [2.75, 3.05) is 25.4 Å². The first-order chi connectivity index (χ1) is 9.06. The standard InChI is InChI=1S/C15H22N2O2/c1-11(2)17-6-7-18-13(9-17)10-19-15-8-12(3)4-5-14(15)16/h4-5,8,10-11H,6-7,9,16H2,1-3H3. The van der Waals surface area contributed by atoms with Gasteiger partial charge in [-0.3, -0.25) is 4.90 Å². The molecule has 19 heavy (non-hydrogen) atoms. The number of hydrogen-bond acceptors (Lipinski definition) is 4. The summed E-state index contributed by atoms with van der Waals surface area (Å²) in [5.74, 6) is 1.53. The van der Waals surface area contributed by atoms with Crippen LogP contribution in [0.5, 0.6) is 5.75 Å². The topological polar surface area (TPSA) is 47.7 Å². The molecule has 0 amide bonds. The van der Waals surface area contributed by atoms with Crippen LogP contribution < -0.4 is 10.5 Å². The van der Waals surface area contributed by atoms with Crippen LogP contribution in [0.1, 0.15) is 19.4 Å². The second-order valence-electron chi connectivity index (χ2n) is 5.16. The molecule has 0 aliphatic carbocycles. The maximum Gasteiger partial charge on any atom is 0.149 e. The van der Waals surface area contributed by atoms with Crippen molar-refractivity contribution in [2.45, 2.75) is 26.8 Å². The van der Waals surface area contributed by atoms with E-state index in [0.29, 0.717) is 24.1 Å². The number of nitrogens with zero attached hydrogens (tertiary/aromatic N) is 1. The minimum Gasteiger partial charge on any atom is -0.492 e. The Labute approximate surface area is 114 Å². The van der Waals surface area contributed by atoms with E-state index in [9.17, 15) is 0 Å². The SMILES string of the molecule is Cc1ccc(N)c(OC=C2CN(C(C)C)CCO2)c1. The second-order valence-corrected chi connectivity index (χ2v) is 5.16. The molecule has 104 valence electrons. The first-order valence-electron chi connectivity index (χ1n) is 6.65. The monoisotopic (exact) mass is 262 g/mol. The predicted octanol–water partition coefficient (Wildman–Crippen LogP) is 2.54. The highest BCUT2D eigenvalue weighted by Crippen LogP contribution is 2.23. The zero-order valence-electron chi connectivity index (χ0n) is 11.8. The van der Waals surface area contributed by atoms with Gasteiger partial charge in [-0.25, -0.2) is 0 Å².